The van der Waals surface area contributed by atoms with Crippen LogP contribution in [0.4, 0.5) is 4.39 Å². The topological polar surface area (TPSA) is 38.0 Å². The second-order valence-electron chi connectivity index (χ2n) is 3.99. The van der Waals surface area contributed by atoms with Gasteiger partial charge < -0.3 is 5.11 Å². The monoisotopic (exact) mass is 234 g/mol. The first-order valence-electron chi connectivity index (χ1n) is 5.66. The van der Waals surface area contributed by atoms with Crippen molar-refractivity contribution in [3.8, 4) is 0 Å². The van der Waals surface area contributed by atoms with Gasteiger partial charge in [0, 0.05) is 18.3 Å². The molecule has 3 nitrogen and oxygen atoms in total. The molecule has 0 fully saturated rings. The zero-order valence-corrected chi connectivity index (χ0v) is 9.68. The third-order valence-electron chi connectivity index (χ3n) is 2.59. The molecule has 0 bridgehead atoms. The fourth-order valence-corrected chi connectivity index (χ4v) is 1.74. The highest BCUT2D eigenvalue weighted by Crippen LogP contribution is 2.21. The summed E-state index contributed by atoms with van der Waals surface area (Å²) in [6.07, 6.45) is 3.57. The van der Waals surface area contributed by atoms with Crippen LogP contribution in [0.1, 0.15) is 30.6 Å². The van der Waals surface area contributed by atoms with Crippen LogP contribution in [0.25, 0.3) is 0 Å². The SMILES string of the molecule is CCCn1cc(C(O)c2cccc(F)c2)cn1. The number of rotatable bonds is 4. The fourth-order valence-electron chi connectivity index (χ4n) is 1.74. The smallest absolute Gasteiger partial charge is 0.123 e. The number of halogens is 1. The Bertz CT molecular complexity index is 496. The van der Waals surface area contributed by atoms with Crippen molar-refractivity contribution < 1.29 is 9.50 Å². The van der Waals surface area contributed by atoms with Gasteiger partial charge in [-0.2, -0.15) is 5.10 Å². The van der Waals surface area contributed by atoms with E-state index in [9.17, 15) is 9.50 Å². The summed E-state index contributed by atoms with van der Waals surface area (Å²) in [6.45, 7) is 2.88. The van der Waals surface area contributed by atoms with Gasteiger partial charge in [-0.05, 0) is 24.1 Å². The van der Waals surface area contributed by atoms with Crippen LogP contribution < -0.4 is 0 Å². The number of nitrogens with zero attached hydrogens (tertiary/aromatic N) is 2. The van der Waals surface area contributed by atoms with Crippen LogP contribution in [0.15, 0.2) is 36.7 Å². The molecule has 0 aliphatic heterocycles. The predicted octanol–water partition coefficient (Wildman–Crippen LogP) is 2.51. The molecule has 1 heterocycles. The summed E-state index contributed by atoms with van der Waals surface area (Å²) in [7, 11) is 0. The molecular formula is C13H15FN2O. The van der Waals surface area contributed by atoms with Crippen molar-refractivity contribution >= 4 is 0 Å². The second kappa shape index (κ2) is 5.10. The molecule has 2 aromatic rings. The average molecular weight is 234 g/mol. The van der Waals surface area contributed by atoms with Gasteiger partial charge in [0.1, 0.15) is 11.9 Å². The van der Waals surface area contributed by atoms with E-state index in [1.165, 1.54) is 12.1 Å². The van der Waals surface area contributed by atoms with Crippen molar-refractivity contribution in [3.05, 3.63) is 53.6 Å². The van der Waals surface area contributed by atoms with Crippen LogP contribution in [0.3, 0.4) is 0 Å². The Morgan fingerprint density at radius 3 is 2.94 bits per heavy atom. The highest BCUT2D eigenvalue weighted by Gasteiger charge is 2.12. The van der Waals surface area contributed by atoms with Crippen LogP contribution in [0, 0.1) is 5.82 Å². The molecule has 0 amide bonds. The lowest BCUT2D eigenvalue weighted by Crippen LogP contribution is -1.99. The molecule has 0 saturated carbocycles. The number of aryl methyl sites for hydroxylation is 1. The van der Waals surface area contributed by atoms with E-state index in [-0.39, 0.29) is 5.82 Å². The third-order valence-corrected chi connectivity index (χ3v) is 2.59. The second-order valence-corrected chi connectivity index (χ2v) is 3.99. The van der Waals surface area contributed by atoms with E-state index in [1.54, 1.807) is 29.2 Å². The van der Waals surface area contributed by atoms with Crippen LogP contribution in [0.5, 0.6) is 0 Å². The molecule has 17 heavy (non-hydrogen) atoms. The van der Waals surface area contributed by atoms with Gasteiger partial charge in [0.15, 0.2) is 0 Å². The maximum absolute atomic E-state index is 13.0. The van der Waals surface area contributed by atoms with Crippen LogP contribution in [0.2, 0.25) is 0 Å². The van der Waals surface area contributed by atoms with Gasteiger partial charge in [-0.3, -0.25) is 4.68 Å². The van der Waals surface area contributed by atoms with Crippen molar-refractivity contribution in [1.29, 1.82) is 0 Å². The van der Waals surface area contributed by atoms with Crippen molar-refractivity contribution in [2.24, 2.45) is 0 Å². The number of hydrogen-bond donors (Lipinski definition) is 1. The minimum Gasteiger partial charge on any atom is -0.384 e. The lowest BCUT2D eigenvalue weighted by molar-refractivity contribution is 0.219. The summed E-state index contributed by atoms with van der Waals surface area (Å²) in [5.41, 5.74) is 1.23. The number of hydrogen-bond acceptors (Lipinski definition) is 2. The first-order valence-corrected chi connectivity index (χ1v) is 5.66. The lowest BCUT2D eigenvalue weighted by Gasteiger charge is -2.08. The Kier molecular flexibility index (Phi) is 3.54. The summed E-state index contributed by atoms with van der Waals surface area (Å²) in [5.74, 6) is -0.345. The van der Waals surface area contributed by atoms with Crippen molar-refractivity contribution in [2.75, 3.05) is 0 Å². The Balaban J connectivity index is 2.21. The molecule has 1 unspecified atom stereocenters. The molecule has 1 atom stereocenters. The largest absolute Gasteiger partial charge is 0.384 e. The fraction of sp³-hybridized carbons (Fsp3) is 0.308. The minimum atomic E-state index is -0.823. The first kappa shape index (κ1) is 11.8. The number of aliphatic hydroxyl groups is 1. The molecule has 0 radical (unpaired) electrons. The Morgan fingerprint density at radius 1 is 1.41 bits per heavy atom. The molecular weight excluding hydrogens is 219 g/mol. The zero-order chi connectivity index (χ0) is 12.3. The maximum atomic E-state index is 13.0. The minimum absolute atomic E-state index is 0.345. The number of aliphatic hydroxyl groups excluding tert-OH is 1. The lowest BCUT2D eigenvalue weighted by atomic mass is 10.0. The van der Waals surface area contributed by atoms with Gasteiger partial charge in [-0.1, -0.05) is 19.1 Å². The van der Waals surface area contributed by atoms with E-state index < -0.39 is 6.10 Å². The summed E-state index contributed by atoms with van der Waals surface area (Å²) in [6, 6.07) is 5.98. The molecule has 0 aliphatic carbocycles. The summed E-state index contributed by atoms with van der Waals surface area (Å²) < 4.78 is 14.8. The van der Waals surface area contributed by atoms with Gasteiger partial charge in [0.2, 0.25) is 0 Å². The van der Waals surface area contributed by atoms with E-state index in [0.717, 1.165) is 13.0 Å². The molecule has 90 valence electrons. The summed E-state index contributed by atoms with van der Waals surface area (Å²) in [4.78, 5) is 0. The Hall–Kier alpha value is -1.68. The van der Waals surface area contributed by atoms with Crippen molar-refractivity contribution in [3.63, 3.8) is 0 Å². The first-order chi connectivity index (χ1) is 8.20. The molecule has 1 aromatic heterocycles. The quantitative estimate of drug-likeness (QED) is 0.882. The molecule has 0 saturated heterocycles. The normalized spacial score (nSPS) is 12.6. The van der Waals surface area contributed by atoms with Crippen LogP contribution in [-0.4, -0.2) is 14.9 Å². The molecule has 1 aromatic carbocycles. The summed E-state index contributed by atoms with van der Waals surface area (Å²) >= 11 is 0. The number of aromatic nitrogens is 2. The van der Waals surface area contributed by atoms with Gasteiger partial charge in [0.05, 0.1) is 6.20 Å². The van der Waals surface area contributed by atoms with Crippen LogP contribution in [-0.2, 0) is 6.54 Å². The van der Waals surface area contributed by atoms with E-state index in [1.807, 2.05) is 0 Å². The highest BCUT2D eigenvalue weighted by molar-refractivity contribution is 5.27. The summed E-state index contributed by atoms with van der Waals surface area (Å²) in [5, 5.41) is 14.2. The van der Waals surface area contributed by atoms with E-state index >= 15 is 0 Å². The van der Waals surface area contributed by atoms with E-state index in [4.69, 9.17) is 0 Å². The van der Waals surface area contributed by atoms with Crippen LogP contribution >= 0.6 is 0 Å². The molecule has 4 heteroatoms. The van der Waals surface area contributed by atoms with Crippen molar-refractivity contribution in [2.45, 2.75) is 26.0 Å². The van der Waals surface area contributed by atoms with E-state index in [2.05, 4.69) is 12.0 Å². The Morgan fingerprint density at radius 2 is 2.24 bits per heavy atom. The zero-order valence-electron chi connectivity index (χ0n) is 9.68. The standard InChI is InChI=1S/C13H15FN2O/c1-2-6-16-9-11(8-15-16)13(17)10-4-3-5-12(14)7-10/h3-5,7-9,13,17H,2,6H2,1H3. The molecule has 0 aliphatic rings. The van der Waals surface area contributed by atoms with Gasteiger partial charge in [0.25, 0.3) is 0 Å². The Labute approximate surface area is 99.5 Å². The maximum Gasteiger partial charge on any atom is 0.123 e. The van der Waals surface area contributed by atoms with Crippen molar-refractivity contribution in [1.82, 2.24) is 9.78 Å². The van der Waals surface area contributed by atoms with Gasteiger partial charge in [-0.25, -0.2) is 4.39 Å². The molecule has 0 spiro atoms. The van der Waals surface area contributed by atoms with Gasteiger partial charge >= 0.3 is 0 Å². The molecule has 2 rings (SSSR count). The van der Waals surface area contributed by atoms with E-state index in [0.29, 0.717) is 11.1 Å². The molecule has 1 N–H and O–H groups in total. The number of benzene rings is 1. The van der Waals surface area contributed by atoms with Gasteiger partial charge in [-0.15, -0.1) is 0 Å². The third kappa shape index (κ3) is 2.71. The highest BCUT2D eigenvalue weighted by atomic mass is 19.1. The average Bonchev–Trinajstić information content (AvgIpc) is 2.77. The predicted molar refractivity (Wildman–Crippen MR) is 63.0 cm³/mol.